The molecule has 1 rings (SSSR count). The van der Waals surface area contributed by atoms with Gasteiger partial charge in [0.2, 0.25) is 5.91 Å². The number of benzene rings is 1. The monoisotopic (exact) mass is 307 g/mol. The van der Waals surface area contributed by atoms with Gasteiger partial charge in [0.15, 0.2) is 0 Å². The van der Waals surface area contributed by atoms with Crippen molar-refractivity contribution in [3.05, 3.63) is 32.8 Å². The topological polar surface area (TPSA) is 96.0 Å². The molecule has 6 nitrogen and oxygen atoms in total. The smallest absolute Gasteiger partial charge is 0.318 e. The van der Waals surface area contributed by atoms with Gasteiger partial charge < -0.3 is 5.32 Å². The van der Waals surface area contributed by atoms with E-state index in [0.717, 1.165) is 0 Å². The molecule has 0 saturated carbocycles. The third kappa shape index (κ3) is 3.58. The summed E-state index contributed by atoms with van der Waals surface area (Å²) in [6.07, 6.45) is -5.43. The maximum atomic E-state index is 12.5. The molecule has 0 aliphatic heterocycles. The summed E-state index contributed by atoms with van der Waals surface area (Å²) in [6, 6.07) is 2.20. The van der Waals surface area contributed by atoms with Gasteiger partial charge in [-0.1, -0.05) is 11.6 Å². The third-order valence-corrected chi connectivity index (χ3v) is 2.40. The van der Waals surface area contributed by atoms with Crippen LogP contribution in [0.25, 0.3) is 0 Å². The first kappa shape index (κ1) is 15.7. The highest BCUT2D eigenvalue weighted by molar-refractivity contribution is 6.34. The summed E-state index contributed by atoms with van der Waals surface area (Å²) < 4.78 is 37.5. The number of nitrogens with one attached hydrogen (secondary N) is 1. The van der Waals surface area contributed by atoms with Crippen molar-refractivity contribution in [2.75, 3.05) is 5.32 Å². The molecule has 1 N–H and O–H groups in total. The Morgan fingerprint density at radius 3 is 2.55 bits per heavy atom. The molecule has 1 amide bonds. The molecule has 0 bridgehead atoms. The van der Waals surface area contributed by atoms with E-state index in [-0.39, 0.29) is 6.07 Å². The number of amides is 1. The Morgan fingerprint density at radius 2 is 2.10 bits per heavy atom. The van der Waals surface area contributed by atoms with Gasteiger partial charge in [0.1, 0.15) is 12.1 Å². The minimum absolute atomic E-state index is 0.258. The Kier molecular flexibility index (Phi) is 4.52. The molecule has 10 heteroatoms. The van der Waals surface area contributed by atoms with E-state index >= 15 is 0 Å². The van der Waals surface area contributed by atoms with E-state index in [2.05, 4.69) is 0 Å². The maximum absolute atomic E-state index is 12.5. The second-order valence-corrected chi connectivity index (χ2v) is 3.90. The van der Waals surface area contributed by atoms with Crippen LogP contribution < -0.4 is 5.32 Å². The van der Waals surface area contributed by atoms with Gasteiger partial charge in [-0.05, 0) is 6.07 Å². The number of nitro benzene ring substituents is 1. The predicted octanol–water partition coefficient (Wildman–Crippen LogP) is 3.12. The Bertz CT molecular complexity index is 610. The summed E-state index contributed by atoms with van der Waals surface area (Å²) in [5.41, 5.74) is -2.89. The Labute approximate surface area is 114 Å². The summed E-state index contributed by atoms with van der Waals surface area (Å²) in [4.78, 5) is 20.8. The van der Waals surface area contributed by atoms with Crippen LogP contribution >= 0.6 is 11.6 Å². The second-order valence-electron chi connectivity index (χ2n) is 3.49. The van der Waals surface area contributed by atoms with Crippen molar-refractivity contribution in [2.45, 2.75) is 12.6 Å². The fraction of sp³-hybridized carbons (Fsp3) is 0.200. The zero-order valence-electron chi connectivity index (χ0n) is 9.49. The molecule has 0 radical (unpaired) electrons. The van der Waals surface area contributed by atoms with Gasteiger partial charge in [-0.2, -0.15) is 18.4 Å². The standard InChI is InChI=1S/C10H5ClF3N3O3/c11-6-3-5(10(12,13)14)4-7(17(19)20)9(6)16-8(18)1-2-15/h3-4H,1H2,(H,16,18). The Balaban J connectivity index is 3.35. The molecule has 0 atom stereocenters. The molecule has 0 fully saturated rings. The molecule has 20 heavy (non-hydrogen) atoms. The van der Waals surface area contributed by atoms with Crippen LogP contribution in [0.2, 0.25) is 5.02 Å². The molecular weight excluding hydrogens is 303 g/mol. The average Bonchev–Trinajstić information content (AvgIpc) is 2.30. The number of hydrogen-bond donors (Lipinski definition) is 1. The highest BCUT2D eigenvalue weighted by Crippen LogP contribution is 2.39. The summed E-state index contributed by atoms with van der Waals surface area (Å²) in [5.74, 6) is -0.919. The van der Waals surface area contributed by atoms with Crippen molar-refractivity contribution in [2.24, 2.45) is 0 Å². The lowest BCUT2D eigenvalue weighted by Crippen LogP contribution is -2.13. The van der Waals surface area contributed by atoms with Crippen LogP contribution in [0.5, 0.6) is 0 Å². The van der Waals surface area contributed by atoms with Crippen molar-refractivity contribution in [3.8, 4) is 6.07 Å². The van der Waals surface area contributed by atoms with Crippen LogP contribution in [0.3, 0.4) is 0 Å². The predicted molar refractivity (Wildman–Crippen MR) is 62.0 cm³/mol. The van der Waals surface area contributed by atoms with Crippen LogP contribution in [0.1, 0.15) is 12.0 Å². The van der Waals surface area contributed by atoms with Crippen LogP contribution in [0, 0.1) is 21.4 Å². The van der Waals surface area contributed by atoms with Gasteiger partial charge in [0, 0.05) is 6.07 Å². The van der Waals surface area contributed by atoms with Gasteiger partial charge in [0.25, 0.3) is 5.69 Å². The average molecular weight is 308 g/mol. The number of nitro groups is 1. The lowest BCUT2D eigenvalue weighted by Gasteiger charge is -2.11. The molecule has 0 saturated heterocycles. The molecule has 0 aliphatic rings. The highest BCUT2D eigenvalue weighted by atomic mass is 35.5. The quantitative estimate of drug-likeness (QED) is 0.685. The maximum Gasteiger partial charge on any atom is 0.416 e. The molecule has 0 spiro atoms. The van der Waals surface area contributed by atoms with Crippen molar-refractivity contribution < 1.29 is 22.9 Å². The van der Waals surface area contributed by atoms with E-state index in [1.165, 1.54) is 6.07 Å². The Morgan fingerprint density at radius 1 is 1.50 bits per heavy atom. The minimum Gasteiger partial charge on any atom is -0.318 e. The summed E-state index contributed by atoms with van der Waals surface area (Å²) >= 11 is 5.53. The normalized spacial score (nSPS) is 10.8. The molecule has 106 valence electrons. The summed E-state index contributed by atoms with van der Waals surface area (Å²) in [6.45, 7) is 0. The number of nitrogens with zero attached hydrogens (tertiary/aromatic N) is 2. The minimum atomic E-state index is -4.82. The molecule has 0 heterocycles. The van der Waals surface area contributed by atoms with Crippen LogP contribution in [-0.4, -0.2) is 10.8 Å². The summed E-state index contributed by atoms with van der Waals surface area (Å²) in [5, 5.41) is 20.3. The molecule has 0 aromatic heterocycles. The molecule has 1 aromatic carbocycles. The van der Waals surface area contributed by atoms with E-state index < -0.39 is 45.4 Å². The highest BCUT2D eigenvalue weighted by Gasteiger charge is 2.34. The number of anilines is 1. The number of nitriles is 1. The van der Waals surface area contributed by atoms with Gasteiger partial charge >= 0.3 is 6.18 Å². The van der Waals surface area contributed by atoms with Crippen molar-refractivity contribution >= 4 is 28.9 Å². The number of rotatable bonds is 3. The van der Waals surface area contributed by atoms with E-state index in [4.69, 9.17) is 16.9 Å². The molecule has 1 aromatic rings. The van der Waals surface area contributed by atoms with Gasteiger partial charge in [-0.15, -0.1) is 0 Å². The third-order valence-electron chi connectivity index (χ3n) is 2.10. The molecule has 0 unspecified atom stereocenters. The van der Waals surface area contributed by atoms with Crippen molar-refractivity contribution in [1.29, 1.82) is 5.26 Å². The van der Waals surface area contributed by atoms with Gasteiger partial charge in [-0.3, -0.25) is 14.9 Å². The van der Waals surface area contributed by atoms with Crippen LogP contribution in [0.4, 0.5) is 24.5 Å². The zero-order valence-corrected chi connectivity index (χ0v) is 10.2. The second kappa shape index (κ2) is 5.75. The first-order valence-corrected chi connectivity index (χ1v) is 5.26. The number of carbonyl (C=O) groups excluding carboxylic acids is 1. The number of alkyl halides is 3. The fourth-order valence-electron chi connectivity index (χ4n) is 1.28. The molecular formula is C10H5ClF3N3O3. The van der Waals surface area contributed by atoms with Gasteiger partial charge in [0.05, 0.1) is 21.6 Å². The lowest BCUT2D eigenvalue weighted by atomic mass is 10.1. The number of hydrogen-bond acceptors (Lipinski definition) is 4. The van der Waals surface area contributed by atoms with E-state index in [1.54, 1.807) is 0 Å². The Hall–Kier alpha value is -2.34. The summed E-state index contributed by atoms with van der Waals surface area (Å²) in [7, 11) is 0. The van der Waals surface area contributed by atoms with E-state index in [9.17, 15) is 28.1 Å². The van der Waals surface area contributed by atoms with E-state index in [0.29, 0.717) is 6.07 Å². The SMILES string of the molecule is N#CCC(=O)Nc1c(Cl)cc(C(F)(F)F)cc1[N+](=O)[O-]. The van der Waals surface area contributed by atoms with E-state index in [1.807, 2.05) is 5.32 Å². The molecule has 0 aliphatic carbocycles. The first-order chi connectivity index (χ1) is 9.16. The van der Waals surface area contributed by atoms with Crippen molar-refractivity contribution in [1.82, 2.24) is 0 Å². The number of carbonyl (C=O) groups is 1. The van der Waals surface area contributed by atoms with Crippen LogP contribution in [-0.2, 0) is 11.0 Å². The fourth-order valence-corrected chi connectivity index (χ4v) is 1.54. The number of halogens is 4. The van der Waals surface area contributed by atoms with Gasteiger partial charge in [-0.25, -0.2) is 0 Å². The first-order valence-electron chi connectivity index (χ1n) is 4.88. The van der Waals surface area contributed by atoms with Crippen molar-refractivity contribution in [3.63, 3.8) is 0 Å². The largest absolute Gasteiger partial charge is 0.416 e. The lowest BCUT2D eigenvalue weighted by molar-refractivity contribution is -0.384. The van der Waals surface area contributed by atoms with Crippen LogP contribution in [0.15, 0.2) is 12.1 Å². The zero-order chi connectivity index (χ0) is 15.5.